The number of aliphatic carboxylic acids is 1. The number of hydrogen-bond acceptors (Lipinski definition) is 3. The van der Waals surface area contributed by atoms with Crippen molar-refractivity contribution in [1.82, 2.24) is 16.0 Å². The van der Waals surface area contributed by atoms with Crippen molar-refractivity contribution in [2.45, 2.75) is 26.2 Å². The molecule has 0 saturated carbocycles. The Balaban J connectivity index is 3.36. The summed E-state index contributed by atoms with van der Waals surface area (Å²) >= 11 is 0. The van der Waals surface area contributed by atoms with E-state index in [4.69, 9.17) is 5.11 Å². The topological polar surface area (TPSA) is 90.5 Å². The van der Waals surface area contributed by atoms with Crippen LogP contribution < -0.4 is 16.0 Å². The summed E-state index contributed by atoms with van der Waals surface area (Å²) in [5.41, 5.74) is 0. The molecule has 17 heavy (non-hydrogen) atoms. The summed E-state index contributed by atoms with van der Waals surface area (Å²) in [6, 6.07) is -0.191. The van der Waals surface area contributed by atoms with Crippen LogP contribution in [0.5, 0.6) is 0 Å². The van der Waals surface area contributed by atoms with Crippen molar-refractivity contribution >= 4 is 12.0 Å². The lowest BCUT2D eigenvalue weighted by Crippen LogP contribution is -2.37. The van der Waals surface area contributed by atoms with E-state index in [0.717, 1.165) is 13.0 Å². The lowest BCUT2D eigenvalue weighted by Gasteiger charge is -2.08. The standard InChI is InChI=1S/C11H23N3O3/c1-9(10(15)16)5-3-7-13-11(17)14-8-4-6-12-2/h9,12H,3-8H2,1-2H3,(H,15,16)(H2,13,14,17). The second kappa shape index (κ2) is 9.89. The van der Waals surface area contributed by atoms with Gasteiger partial charge in [-0.2, -0.15) is 0 Å². The monoisotopic (exact) mass is 245 g/mol. The fourth-order valence-electron chi connectivity index (χ4n) is 1.26. The molecule has 0 bridgehead atoms. The normalized spacial score (nSPS) is 11.9. The van der Waals surface area contributed by atoms with Crippen LogP contribution in [-0.4, -0.2) is 43.8 Å². The van der Waals surface area contributed by atoms with Gasteiger partial charge < -0.3 is 21.1 Å². The van der Waals surface area contributed by atoms with Gasteiger partial charge in [-0.25, -0.2) is 4.79 Å². The second-order valence-corrected chi connectivity index (χ2v) is 4.02. The van der Waals surface area contributed by atoms with Crippen molar-refractivity contribution in [2.24, 2.45) is 5.92 Å². The second-order valence-electron chi connectivity index (χ2n) is 4.02. The Morgan fingerprint density at radius 2 is 1.71 bits per heavy atom. The van der Waals surface area contributed by atoms with Crippen molar-refractivity contribution < 1.29 is 14.7 Å². The minimum absolute atomic E-state index is 0.191. The first-order valence-electron chi connectivity index (χ1n) is 5.97. The first-order valence-corrected chi connectivity index (χ1v) is 5.97. The van der Waals surface area contributed by atoms with Crippen molar-refractivity contribution in [2.75, 3.05) is 26.7 Å². The highest BCUT2D eigenvalue weighted by Gasteiger charge is 2.09. The van der Waals surface area contributed by atoms with Crippen LogP contribution in [-0.2, 0) is 4.79 Å². The molecule has 6 heteroatoms. The smallest absolute Gasteiger partial charge is 0.314 e. The Bertz CT molecular complexity index is 234. The molecular formula is C11H23N3O3. The summed E-state index contributed by atoms with van der Waals surface area (Å²) in [5.74, 6) is -1.14. The van der Waals surface area contributed by atoms with E-state index in [1.165, 1.54) is 0 Å². The van der Waals surface area contributed by atoms with Crippen LogP contribution in [0.3, 0.4) is 0 Å². The quantitative estimate of drug-likeness (QED) is 0.442. The Labute approximate surface area is 102 Å². The molecule has 0 rings (SSSR count). The summed E-state index contributed by atoms with van der Waals surface area (Å²) in [6.07, 6.45) is 2.15. The molecule has 0 saturated heterocycles. The average molecular weight is 245 g/mol. The molecular weight excluding hydrogens is 222 g/mol. The number of carboxylic acids is 1. The minimum Gasteiger partial charge on any atom is -0.481 e. The number of urea groups is 1. The molecule has 0 heterocycles. The van der Waals surface area contributed by atoms with Crippen LogP contribution in [0.4, 0.5) is 4.79 Å². The van der Waals surface area contributed by atoms with Gasteiger partial charge in [-0.05, 0) is 32.9 Å². The zero-order valence-electron chi connectivity index (χ0n) is 10.6. The van der Waals surface area contributed by atoms with Crippen molar-refractivity contribution in [3.8, 4) is 0 Å². The first-order chi connectivity index (χ1) is 8.07. The molecule has 0 aromatic carbocycles. The molecule has 1 atom stereocenters. The van der Waals surface area contributed by atoms with Crippen LogP contribution in [0, 0.1) is 5.92 Å². The van der Waals surface area contributed by atoms with E-state index >= 15 is 0 Å². The number of carbonyl (C=O) groups excluding carboxylic acids is 1. The van der Waals surface area contributed by atoms with Gasteiger partial charge >= 0.3 is 12.0 Å². The predicted octanol–water partition coefficient (Wildman–Crippen LogP) is 0.396. The van der Waals surface area contributed by atoms with Gasteiger partial charge in [-0.3, -0.25) is 4.79 Å². The molecule has 0 aliphatic rings. The van der Waals surface area contributed by atoms with Crippen molar-refractivity contribution in [1.29, 1.82) is 0 Å². The highest BCUT2D eigenvalue weighted by Crippen LogP contribution is 2.03. The largest absolute Gasteiger partial charge is 0.481 e. The number of carbonyl (C=O) groups is 2. The molecule has 2 amide bonds. The van der Waals surface area contributed by atoms with Crippen LogP contribution in [0.1, 0.15) is 26.2 Å². The van der Waals surface area contributed by atoms with Gasteiger partial charge in [-0.15, -0.1) is 0 Å². The zero-order valence-corrected chi connectivity index (χ0v) is 10.6. The molecule has 0 fully saturated rings. The molecule has 0 aliphatic heterocycles. The Morgan fingerprint density at radius 3 is 2.24 bits per heavy atom. The molecule has 0 spiro atoms. The molecule has 0 radical (unpaired) electrons. The van der Waals surface area contributed by atoms with E-state index in [2.05, 4.69) is 16.0 Å². The van der Waals surface area contributed by atoms with Crippen LogP contribution in [0.15, 0.2) is 0 Å². The Hall–Kier alpha value is -1.30. The summed E-state index contributed by atoms with van der Waals surface area (Å²) in [7, 11) is 1.86. The minimum atomic E-state index is -0.790. The Morgan fingerprint density at radius 1 is 1.12 bits per heavy atom. The van der Waals surface area contributed by atoms with Crippen molar-refractivity contribution in [3.05, 3.63) is 0 Å². The number of carboxylic acid groups (broad SMARTS) is 1. The summed E-state index contributed by atoms with van der Waals surface area (Å²) in [6.45, 7) is 3.68. The number of nitrogens with one attached hydrogen (secondary N) is 3. The maximum atomic E-state index is 11.2. The van der Waals surface area contributed by atoms with E-state index in [0.29, 0.717) is 25.9 Å². The number of hydrogen-bond donors (Lipinski definition) is 4. The molecule has 100 valence electrons. The highest BCUT2D eigenvalue weighted by molar-refractivity contribution is 5.73. The maximum absolute atomic E-state index is 11.2. The third-order valence-electron chi connectivity index (χ3n) is 2.41. The summed E-state index contributed by atoms with van der Waals surface area (Å²) < 4.78 is 0. The molecule has 0 aliphatic carbocycles. The van der Waals surface area contributed by atoms with E-state index in [-0.39, 0.29) is 11.9 Å². The van der Waals surface area contributed by atoms with Gasteiger partial charge in [0.2, 0.25) is 0 Å². The van der Waals surface area contributed by atoms with Gasteiger partial charge in [0.05, 0.1) is 5.92 Å². The third-order valence-corrected chi connectivity index (χ3v) is 2.41. The lowest BCUT2D eigenvalue weighted by molar-refractivity contribution is -0.141. The van der Waals surface area contributed by atoms with Gasteiger partial charge in [0.1, 0.15) is 0 Å². The fraction of sp³-hybridized carbons (Fsp3) is 0.818. The predicted molar refractivity (Wildman–Crippen MR) is 66.0 cm³/mol. The number of rotatable bonds is 9. The summed E-state index contributed by atoms with van der Waals surface area (Å²) in [5, 5.41) is 17.1. The third kappa shape index (κ3) is 9.62. The van der Waals surface area contributed by atoms with Crippen LogP contribution in [0.25, 0.3) is 0 Å². The first kappa shape index (κ1) is 15.7. The van der Waals surface area contributed by atoms with E-state index in [1.807, 2.05) is 7.05 Å². The highest BCUT2D eigenvalue weighted by atomic mass is 16.4. The molecule has 0 aromatic rings. The van der Waals surface area contributed by atoms with E-state index in [9.17, 15) is 9.59 Å². The zero-order chi connectivity index (χ0) is 13.1. The molecule has 1 unspecified atom stereocenters. The SMILES string of the molecule is CNCCCNC(=O)NCCCC(C)C(=O)O. The lowest BCUT2D eigenvalue weighted by atomic mass is 10.1. The molecule has 0 aromatic heterocycles. The van der Waals surface area contributed by atoms with Gasteiger partial charge in [0.25, 0.3) is 0 Å². The van der Waals surface area contributed by atoms with Gasteiger partial charge in [-0.1, -0.05) is 6.92 Å². The average Bonchev–Trinajstić information content (AvgIpc) is 2.29. The fourth-order valence-corrected chi connectivity index (χ4v) is 1.26. The van der Waals surface area contributed by atoms with E-state index in [1.54, 1.807) is 6.92 Å². The maximum Gasteiger partial charge on any atom is 0.314 e. The summed E-state index contributed by atoms with van der Waals surface area (Å²) in [4.78, 5) is 21.8. The van der Waals surface area contributed by atoms with Crippen LogP contribution >= 0.6 is 0 Å². The molecule has 4 N–H and O–H groups in total. The van der Waals surface area contributed by atoms with Crippen molar-refractivity contribution in [3.63, 3.8) is 0 Å². The number of amides is 2. The van der Waals surface area contributed by atoms with Gasteiger partial charge in [0, 0.05) is 13.1 Å². The molecule has 6 nitrogen and oxygen atoms in total. The van der Waals surface area contributed by atoms with Crippen LogP contribution in [0.2, 0.25) is 0 Å². The Kier molecular flexibility index (Phi) is 9.14. The van der Waals surface area contributed by atoms with E-state index < -0.39 is 5.97 Å². The van der Waals surface area contributed by atoms with Gasteiger partial charge in [0.15, 0.2) is 0 Å².